The molecule has 30 heavy (non-hydrogen) atoms. The molecule has 0 fully saturated rings. The van der Waals surface area contributed by atoms with E-state index < -0.39 is 0 Å². The third-order valence-corrected chi connectivity index (χ3v) is 7.47. The van der Waals surface area contributed by atoms with Crippen LogP contribution in [0.1, 0.15) is 90.7 Å². The van der Waals surface area contributed by atoms with Crippen LogP contribution >= 0.6 is 24.1 Å². The fourth-order valence-corrected chi connectivity index (χ4v) is 6.10. The van der Waals surface area contributed by atoms with Gasteiger partial charge in [0.1, 0.15) is 6.10 Å². The molecule has 0 aromatic heterocycles. The van der Waals surface area contributed by atoms with Gasteiger partial charge in [-0.25, -0.2) is 0 Å². The van der Waals surface area contributed by atoms with Crippen molar-refractivity contribution in [3.05, 3.63) is 64.7 Å². The second kappa shape index (κ2) is 9.27. The first-order chi connectivity index (χ1) is 13.7. The van der Waals surface area contributed by atoms with E-state index in [2.05, 4.69) is 115 Å². The van der Waals surface area contributed by atoms with Gasteiger partial charge in [0.15, 0.2) is 0 Å². The molecule has 2 aromatic carbocycles. The van der Waals surface area contributed by atoms with E-state index in [1.807, 2.05) is 6.07 Å². The largest absolute Gasteiger partial charge is 0.371 e. The Morgan fingerprint density at radius 2 is 1.27 bits per heavy atom. The summed E-state index contributed by atoms with van der Waals surface area (Å²) in [4.78, 5) is 0. The van der Waals surface area contributed by atoms with E-state index in [0.717, 1.165) is 12.4 Å². The summed E-state index contributed by atoms with van der Waals surface area (Å²) < 4.78 is 7.04. The number of halogens is 1. The Morgan fingerprint density at radius 1 is 0.800 bits per heavy atom. The van der Waals surface area contributed by atoms with Gasteiger partial charge in [-0.3, -0.25) is 0 Å². The molecule has 0 aliphatic rings. The van der Waals surface area contributed by atoms with Crippen molar-refractivity contribution in [3.8, 4) is 0 Å². The standard InChI is InChI=1S/C27H38BrOP/c1-25(2,3)19-16-20(26(4,5)6)23(21(17-19)27(7,8)9)30-24(28)22(29-10)18-14-12-11-13-15-18/h11-17,22H,1-10H3. The van der Waals surface area contributed by atoms with Crippen molar-refractivity contribution in [2.24, 2.45) is 0 Å². The Kier molecular flexibility index (Phi) is 7.82. The molecule has 0 bridgehead atoms. The molecule has 3 heteroatoms. The normalized spacial score (nSPS) is 14.7. The fourth-order valence-electron chi connectivity index (χ4n) is 3.50. The van der Waals surface area contributed by atoms with Crippen LogP contribution < -0.4 is 5.30 Å². The average Bonchev–Trinajstić information content (AvgIpc) is 2.60. The van der Waals surface area contributed by atoms with E-state index in [1.165, 1.54) is 27.6 Å². The summed E-state index contributed by atoms with van der Waals surface area (Å²) in [6.07, 6.45) is -0.0872. The summed E-state index contributed by atoms with van der Waals surface area (Å²) in [5.74, 6) is 0. The molecule has 2 rings (SSSR count). The molecule has 0 N–H and O–H groups in total. The van der Waals surface area contributed by atoms with Crippen molar-refractivity contribution in [1.82, 2.24) is 0 Å². The lowest BCUT2D eigenvalue weighted by Gasteiger charge is -2.32. The molecule has 164 valence electrons. The number of benzene rings is 2. The van der Waals surface area contributed by atoms with E-state index in [1.54, 1.807) is 7.11 Å². The van der Waals surface area contributed by atoms with Crippen LogP contribution in [-0.4, -0.2) is 11.3 Å². The van der Waals surface area contributed by atoms with Crippen molar-refractivity contribution in [2.45, 2.75) is 84.7 Å². The number of methoxy groups -OCH3 is 1. The van der Waals surface area contributed by atoms with Gasteiger partial charge in [-0.2, -0.15) is 0 Å². The maximum absolute atomic E-state index is 5.91. The van der Waals surface area contributed by atoms with Gasteiger partial charge in [0.2, 0.25) is 0 Å². The molecule has 0 saturated carbocycles. The van der Waals surface area contributed by atoms with Gasteiger partial charge in [-0.1, -0.05) is 113 Å². The number of hydrogen-bond acceptors (Lipinski definition) is 1. The maximum Gasteiger partial charge on any atom is 0.118 e. The summed E-state index contributed by atoms with van der Waals surface area (Å²) in [5.41, 5.74) is 5.61. The van der Waals surface area contributed by atoms with Crippen molar-refractivity contribution in [1.29, 1.82) is 0 Å². The number of rotatable bonds is 4. The predicted molar refractivity (Wildman–Crippen MR) is 139 cm³/mol. The van der Waals surface area contributed by atoms with Gasteiger partial charge >= 0.3 is 0 Å². The van der Waals surface area contributed by atoms with Crippen LogP contribution in [0.15, 0.2) is 42.5 Å². The first-order valence-corrected chi connectivity index (χ1v) is 12.4. The van der Waals surface area contributed by atoms with E-state index in [-0.39, 0.29) is 22.3 Å². The number of ether oxygens (including phenoxy) is 1. The lowest BCUT2D eigenvalue weighted by atomic mass is 9.75. The number of hydrogen-bond donors (Lipinski definition) is 0. The molecule has 1 nitrogen and oxygen atoms in total. The zero-order chi connectivity index (χ0) is 22.9. The molecule has 0 amide bonds. The first kappa shape index (κ1) is 25.3. The van der Waals surface area contributed by atoms with E-state index >= 15 is 0 Å². The third-order valence-electron chi connectivity index (χ3n) is 5.36. The highest BCUT2D eigenvalue weighted by atomic mass is 79.9. The predicted octanol–water partition coefficient (Wildman–Crippen LogP) is 8.06. The smallest absolute Gasteiger partial charge is 0.118 e. The van der Waals surface area contributed by atoms with Gasteiger partial charge in [0.25, 0.3) is 0 Å². The first-order valence-electron chi connectivity index (χ1n) is 10.7. The van der Waals surface area contributed by atoms with E-state index in [9.17, 15) is 0 Å². The molecular formula is C27H38BrOP. The minimum atomic E-state index is -0.0872. The molecule has 0 spiro atoms. The second-order valence-corrected chi connectivity index (χ2v) is 13.8. The van der Waals surface area contributed by atoms with Crippen molar-refractivity contribution in [2.75, 3.05) is 7.11 Å². The Morgan fingerprint density at radius 3 is 1.63 bits per heavy atom. The Bertz CT molecular complexity index is 858. The summed E-state index contributed by atoms with van der Waals surface area (Å²) >= 11 is 3.92. The fraction of sp³-hybridized carbons (Fsp3) is 0.519. The van der Waals surface area contributed by atoms with Crippen molar-refractivity contribution in [3.63, 3.8) is 0 Å². The molecule has 1 atom stereocenters. The quantitative estimate of drug-likeness (QED) is 0.395. The highest BCUT2D eigenvalue weighted by molar-refractivity contribution is 9.19. The highest BCUT2D eigenvalue weighted by Gasteiger charge is 2.29. The Balaban J connectivity index is 2.81. The van der Waals surface area contributed by atoms with Gasteiger partial charge in [-0.15, -0.1) is 0 Å². The maximum atomic E-state index is 5.91. The molecule has 2 aromatic rings. The molecule has 0 saturated heterocycles. The Hall–Kier alpha value is -0.950. The van der Waals surface area contributed by atoms with Gasteiger partial charge in [-0.05, 0) is 54.4 Å². The minimum absolute atomic E-state index is 0.0478. The average molecular weight is 489 g/mol. The molecule has 0 heterocycles. The second-order valence-electron chi connectivity index (χ2n) is 11.1. The van der Waals surface area contributed by atoms with Gasteiger partial charge in [0.05, 0.1) is 4.20 Å². The van der Waals surface area contributed by atoms with Crippen molar-refractivity contribution < 1.29 is 4.74 Å². The molecule has 0 aliphatic heterocycles. The highest BCUT2D eigenvalue weighted by Crippen LogP contribution is 2.37. The molecular weight excluding hydrogens is 451 g/mol. The SMILES string of the molecule is COC(C(Br)=Pc1c(C(C)(C)C)cc(C(C)(C)C)cc1C(C)(C)C)c1ccccc1. The summed E-state index contributed by atoms with van der Waals surface area (Å²) in [5, 5.41) is 1.40. The van der Waals surface area contributed by atoms with Crippen LogP contribution in [0, 0.1) is 0 Å². The summed E-state index contributed by atoms with van der Waals surface area (Å²) in [7, 11) is 2.95. The van der Waals surface area contributed by atoms with Crippen LogP contribution in [-0.2, 0) is 21.0 Å². The zero-order valence-corrected chi connectivity index (χ0v) is 22.8. The van der Waals surface area contributed by atoms with Crippen LogP contribution in [0.25, 0.3) is 0 Å². The van der Waals surface area contributed by atoms with E-state index in [0.29, 0.717) is 0 Å². The summed E-state index contributed by atoms with van der Waals surface area (Å²) in [6.45, 7) is 20.8. The van der Waals surface area contributed by atoms with Gasteiger partial charge in [0, 0.05) is 12.4 Å². The van der Waals surface area contributed by atoms with Crippen LogP contribution in [0.4, 0.5) is 0 Å². The van der Waals surface area contributed by atoms with Gasteiger partial charge < -0.3 is 4.74 Å². The minimum Gasteiger partial charge on any atom is -0.371 e. The van der Waals surface area contributed by atoms with Crippen LogP contribution in [0.2, 0.25) is 0 Å². The Labute approximate surface area is 194 Å². The molecule has 0 radical (unpaired) electrons. The lowest BCUT2D eigenvalue weighted by Crippen LogP contribution is -2.30. The topological polar surface area (TPSA) is 9.23 Å². The lowest BCUT2D eigenvalue weighted by molar-refractivity contribution is 0.162. The summed E-state index contributed by atoms with van der Waals surface area (Å²) in [6, 6.07) is 15.3. The van der Waals surface area contributed by atoms with Crippen molar-refractivity contribution >= 4 is 33.6 Å². The van der Waals surface area contributed by atoms with Crippen LogP contribution in [0.5, 0.6) is 0 Å². The molecule has 1 unspecified atom stereocenters. The third kappa shape index (κ3) is 6.06. The zero-order valence-electron chi connectivity index (χ0n) is 20.4. The van der Waals surface area contributed by atoms with Crippen LogP contribution in [0.3, 0.4) is 0 Å². The molecule has 0 aliphatic carbocycles. The van der Waals surface area contributed by atoms with E-state index in [4.69, 9.17) is 4.74 Å². The monoisotopic (exact) mass is 488 g/mol.